The summed E-state index contributed by atoms with van der Waals surface area (Å²) in [6.45, 7) is 4.48. The van der Waals surface area contributed by atoms with E-state index in [1.54, 1.807) is 0 Å². The van der Waals surface area contributed by atoms with Gasteiger partial charge in [-0.2, -0.15) is 0 Å². The van der Waals surface area contributed by atoms with E-state index >= 15 is 0 Å². The number of para-hydroxylation sites is 1. The number of nitrogens with one attached hydrogen (secondary N) is 1. The SMILES string of the molecule is C[C@@H]1COCCN1c1nc(-c2cccc3[nH]ccc23)nc2ccccc12. The topological polar surface area (TPSA) is 54.0 Å². The zero-order valence-electron chi connectivity index (χ0n) is 14.6. The number of aromatic amines is 1. The van der Waals surface area contributed by atoms with Crippen molar-refractivity contribution >= 4 is 27.6 Å². The Labute approximate surface area is 151 Å². The Morgan fingerprint density at radius 2 is 1.96 bits per heavy atom. The maximum Gasteiger partial charge on any atom is 0.162 e. The number of anilines is 1. The van der Waals surface area contributed by atoms with E-state index in [0.717, 1.165) is 58.8 Å². The number of fused-ring (bicyclic) bond motifs is 2. The lowest BCUT2D eigenvalue weighted by Gasteiger charge is -2.35. The molecule has 0 aliphatic carbocycles. The number of hydrogen-bond donors (Lipinski definition) is 1. The molecule has 5 heteroatoms. The van der Waals surface area contributed by atoms with Crippen LogP contribution in [0.3, 0.4) is 0 Å². The first-order valence-corrected chi connectivity index (χ1v) is 8.99. The summed E-state index contributed by atoms with van der Waals surface area (Å²) in [7, 11) is 0. The molecule has 1 fully saturated rings. The standard InChI is InChI=1S/C21H20N4O/c1-14-13-26-12-11-25(14)21-17-5-2-3-7-19(17)23-20(24-21)16-6-4-8-18-15(16)9-10-22-18/h2-10,14,22H,11-13H2,1H3/t14-/m1/s1. The molecule has 0 amide bonds. The van der Waals surface area contributed by atoms with Gasteiger partial charge in [-0.25, -0.2) is 9.97 Å². The van der Waals surface area contributed by atoms with Gasteiger partial charge in [0.15, 0.2) is 5.82 Å². The monoisotopic (exact) mass is 344 g/mol. The highest BCUT2D eigenvalue weighted by atomic mass is 16.5. The quantitative estimate of drug-likeness (QED) is 0.597. The number of ether oxygens (including phenoxy) is 1. The molecule has 1 aliphatic heterocycles. The van der Waals surface area contributed by atoms with Crippen LogP contribution in [0.2, 0.25) is 0 Å². The van der Waals surface area contributed by atoms with Crippen LogP contribution >= 0.6 is 0 Å². The third kappa shape index (κ3) is 2.44. The number of aromatic nitrogens is 3. The van der Waals surface area contributed by atoms with Gasteiger partial charge in [-0.05, 0) is 31.2 Å². The van der Waals surface area contributed by atoms with Crippen LogP contribution in [0.4, 0.5) is 5.82 Å². The third-order valence-electron chi connectivity index (χ3n) is 5.06. The van der Waals surface area contributed by atoms with Gasteiger partial charge in [0.25, 0.3) is 0 Å². The van der Waals surface area contributed by atoms with Crippen molar-refractivity contribution in [3.05, 3.63) is 54.7 Å². The van der Waals surface area contributed by atoms with Crippen molar-refractivity contribution < 1.29 is 4.74 Å². The normalized spacial score (nSPS) is 17.9. The molecule has 5 nitrogen and oxygen atoms in total. The summed E-state index contributed by atoms with van der Waals surface area (Å²) in [6.07, 6.45) is 1.96. The Morgan fingerprint density at radius 1 is 1.04 bits per heavy atom. The first-order valence-electron chi connectivity index (χ1n) is 8.99. The second kappa shape index (κ2) is 6.11. The first kappa shape index (κ1) is 15.3. The second-order valence-corrected chi connectivity index (χ2v) is 6.75. The van der Waals surface area contributed by atoms with Crippen LogP contribution in [0.5, 0.6) is 0 Å². The summed E-state index contributed by atoms with van der Waals surface area (Å²) >= 11 is 0. The van der Waals surface area contributed by atoms with E-state index in [2.05, 4.69) is 47.1 Å². The molecule has 0 spiro atoms. The fraction of sp³-hybridized carbons (Fsp3) is 0.238. The summed E-state index contributed by atoms with van der Waals surface area (Å²) in [4.78, 5) is 15.5. The average molecular weight is 344 g/mol. The van der Waals surface area contributed by atoms with Crippen LogP contribution in [0, 0.1) is 0 Å². The van der Waals surface area contributed by atoms with E-state index in [1.165, 1.54) is 0 Å². The summed E-state index contributed by atoms with van der Waals surface area (Å²) < 4.78 is 5.62. The molecule has 1 saturated heterocycles. The molecule has 5 rings (SSSR count). The van der Waals surface area contributed by atoms with Gasteiger partial charge < -0.3 is 14.6 Å². The summed E-state index contributed by atoms with van der Waals surface area (Å²) in [6, 6.07) is 16.8. The zero-order valence-corrected chi connectivity index (χ0v) is 14.6. The van der Waals surface area contributed by atoms with Gasteiger partial charge in [-0.15, -0.1) is 0 Å². The lowest BCUT2D eigenvalue weighted by Crippen LogP contribution is -2.44. The van der Waals surface area contributed by atoms with Gasteiger partial charge in [0.1, 0.15) is 5.82 Å². The van der Waals surface area contributed by atoms with Crippen LogP contribution in [-0.2, 0) is 4.74 Å². The number of nitrogens with zero attached hydrogens (tertiary/aromatic N) is 3. The molecule has 26 heavy (non-hydrogen) atoms. The van der Waals surface area contributed by atoms with Crippen LogP contribution in [0.15, 0.2) is 54.7 Å². The van der Waals surface area contributed by atoms with Gasteiger partial charge in [0, 0.05) is 34.6 Å². The maximum absolute atomic E-state index is 5.62. The smallest absolute Gasteiger partial charge is 0.162 e. The van der Waals surface area contributed by atoms with Crippen molar-refractivity contribution in [3.63, 3.8) is 0 Å². The number of benzene rings is 2. The minimum atomic E-state index is 0.290. The van der Waals surface area contributed by atoms with Crippen molar-refractivity contribution in [2.75, 3.05) is 24.7 Å². The Morgan fingerprint density at radius 3 is 2.88 bits per heavy atom. The van der Waals surface area contributed by atoms with Gasteiger partial charge in [0.2, 0.25) is 0 Å². The average Bonchev–Trinajstić information content (AvgIpc) is 3.16. The molecule has 0 bridgehead atoms. The van der Waals surface area contributed by atoms with Crippen molar-refractivity contribution in [1.29, 1.82) is 0 Å². The minimum Gasteiger partial charge on any atom is -0.377 e. The Balaban J connectivity index is 1.76. The molecule has 2 aromatic heterocycles. The minimum absolute atomic E-state index is 0.290. The molecule has 0 unspecified atom stereocenters. The van der Waals surface area contributed by atoms with E-state index in [0.29, 0.717) is 0 Å². The molecule has 0 saturated carbocycles. The lowest BCUT2D eigenvalue weighted by molar-refractivity contribution is 0.0987. The highest BCUT2D eigenvalue weighted by Crippen LogP contribution is 2.32. The fourth-order valence-corrected chi connectivity index (χ4v) is 3.72. The van der Waals surface area contributed by atoms with Crippen LogP contribution in [0.1, 0.15) is 6.92 Å². The number of hydrogen-bond acceptors (Lipinski definition) is 4. The van der Waals surface area contributed by atoms with Gasteiger partial charge in [-0.1, -0.05) is 24.3 Å². The van der Waals surface area contributed by atoms with Gasteiger partial charge in [-0.3, -0.25) is 0 Å². The number of H-pyrrole nitrogens is 1. The lowest BCUT2D eigenvalue weighted by atomic mass is 10.1. The van der Waals surface area contributed by atoms with E-state index in [4.69, 9.17) is 14.7 Å². The zero-order chi connectivity index (χ0) is 17.5. The molecular formula is C21H20N4O. The largest absolute Gasteiger partial charge is 0.377 e. The number of rotatable bonds is 2. The summed E-state index contributed by atoms with van der Waals surface area (Å²) in [5.41, 5.74) is 3.12. The molecule has 1 aliphatic rings. The fourth-order valence-electron chi connectivity index (χ4n) is 3.72. The predicted molar refractivity (Wildman–Crippen MR) is 104 cm³/mol. The Bertz CT molecular complexity index is 1090. The van der Waals surface area contributed by atoms with Crippen LogP contribution < -0.4 is 4.90 Å². The van der Waals surface area contributed by atoms with Crippen molar-refractivity contribution in [2.24, 2.45) is 0 Å². The predicted octanol–water partition coefficient (Wildman–Crippen LogP) is 4.00. The highest BCUT2D eigenvalue weighted by molar-refractivity contribution is 5.96. The van der Waals surface area contributed by atoms with Crippen molar-refractivity contribution in [2.45, 2.75) is 13.0 Å². The molecule has 3 heterocycles. The molecule has 1 N–H and O–H groups in total. The Hall–Kier alpha value is -2.92. The van der Waals surface area contributed by atoms with Gasteiger partial charge in [0.05, 0.1) is 24.8 Å². The van der Waals surface area contributed by atoms with Crippen molar-refractivity contribution in [3.8, 4) is 11.4 Å². The summed E-state index contributed by atoms with van der Waals surface area (Å²) in [5, 5.41) is 2.23. The Kier molecular flexibility index (Phi) is 3.60. The summed E-state index contributed by atoms with van der Waals surface area (Å²) in [5.74, 6) is 1.76. The van der Waals surface area contributed by atoms with Crippen molar-refractivity contribution in [1.82, 2.24) is 15.0 Å². The molecule has 1 atom stereocenters. The molecular weight excluding hydrogens is 324 g/mol. The molecule has 0 radical (unpaired) electrons. The third-order valence-corrected chi connectivity index (χ3v) is 5.06. The van der Waals surface area contributed by atoms with E-state index in [1.807, 2.05) is 24.4 Å². The van der Waals surface area contributed by atoms with Crippen LogP contribution in [-0.4, -0.2) is 40.8 Å². The van der Waals surface area contributed by atoms with E-state index in [-0.39, 0.29) is 6.04 Å². The van der Waals surface area contributed by atoms with E-state index in [9.17, 15) is 0 Å². The van der Waals surface area contributed by atoms with Crippen LogP contribution in [0.25, 0.3) is 33.2 Å². The van der Waals surface area contributed by atoms with Gasteiger partial charge >= 0.3 is 0 Å². The maximum atomic E-state index is 5.62. The second-order valence-electron chi connectivity index (χ2n) is 6.75. The molecule has 2 aromatic carbocycles. The number of morpholine rings is 1. The van der Waals surface area contributed by atoms with E-state index < -0.39 is 0 Å². The first-order chi connectivity index (χ1) is 12.8. The molecule has 130 valence electrons. The highest BCUT2D eigenvalue weighted by Gasteiger charge is 2.23. The molecule has 4 aromatic rings.